The second kappa shape index (κ2) is 4.80. The van der Waals surface area contributed by atoms with E-state index in [-0.39, 0.29) is 18.7 Å². The molecule has 0 spiro atoms. The van der Waals surface area contributed by atoms with Crippen molar-refractivity contribution < 1.29 is 22.4 Å². The Morgan fingerprint density at radius 2 is 2.11 bits per heavy atom. The fourth-order valence-corrected chi connectivity index (χ4v) is 2.07. The van der Waals surface area contributed by atoms with E-state index in [0.717, 1.165) is 12.1 Å². The Kier molecular flexibility index (Phi) is 3.49. The number of carbonyl (C=O) groups is 1. The summed E-state index contributed by atoms with van der Waals surface area (Å²) in [6.45, 7) is -0.340. The summed E-state index contributed by atoms with van der Waals surface area (Å²) in [5, 5.41) is 4.68. The highest BCUT2D eigenvalue weighted by molar-refractivity contribution is 5.96. The molecule has 0 aliphatic carbocycles. The van der Waals surface area contributed by atoms with Crippen molar-refractivity contribution in [2.75, 3.05) is 18.4 Å². The number of hydrogen-bond acceptors (Lipinski definition) is 2. The molecule has 1 heterocycles. The van der Waals surface area contributed by atoms with Crippen LogP contribution in [-0.2, 0) is 4.79 Å². The van der Waals surface area contributed by atoms with Crippen molar-refractivity contribution in [1.82, 2.24) is 5.32 Å². The summed E-state index contributed by atoms with van der Waals surface area (Å²) >= 11 is 0. The molecule has 1 aliphatic heterocycles. The van der Waals surface area contributed by atoms with Gasteiger partial charge in [0.05, 0.1) is 0 Å². The number of carbonyl (C=O) groups excluding carboxylic acids is 1. The van der Waals surface area contributed by atoms with Gasteiger partial charge in [-0.15, -0.1) is 0 Å². The number of hydrogen-bond donors (Lipinski definition) is 2. The Morgan fingerprint density at radius 3 is 2.63 bits per heavy atom. The molecule has 2 rings (SSSR count). The Morgan fingerprint density at radius 1 is 1.37 bits per heavy atom. The fourth-order valence-electron chi connectivity index (χ4n) is 2.07. The first-order chi connectivity index (χ1) is 8.85. The molecule has 1 aromatic rings. The molecule has 1 amide bonds. The average Bonchev–Trinajstić information content (AvgIpc) is 2.78. The molecule has 2 N–H and O–H groups in total. The minimum atomic E-state index is -4.64. The van der Waals surface area contributed by atoms with Crippen LogP contribution in [0.25, 0.3) is 0 Å². The predicted octanol–water partition coefficient (Wildman–Crippen LogP) is 2.31. The van der Waals surface area contributed by atoms with E-state index in [4.69, 9.17) is 0 Å². The molecule has 104 valence electrons. The quantitative estimate of drug-likeness (QED) is 0.814. The summed E-state index contributed by atoms with van der Waals surface area (Å²) in [6.07, 6.45) is -4.97. The van der Waals surface area contributed by atoms with Crippen LogP contribution in [0.2, 0.25) is 0 Å². The first-order valence-corrected chi connectivity index (χ1v) is 5.70. The first-order valence-electron chi connectivity index (χ1n) is 5.70. The van der Waals surface area contributed by atoms with Crippen LogP contribution in [0.3, 0.4) is 0 Å². The van der Waals surface area contributed by atoms with Crippen LogP contribution >= 0.6 is 0 Å². The van der Waals surface area contributed by atoms with Crippen LogP contribution < -0.4 is 10.6 Å². The van der Waals surface area contributed by atoms with Crippen molar-refractivity contribution in [3.8, 4) is 0 Å². The third-order valence-electron chi connectivity index (χ3n) is 3.22. The van der Waals surface area contributed by atoms with Crippen molar-refractivity contribution in [3.05, 3.63) is 30.1 Å². The number of halogens is 4. The molecule has 1 unspecified atom stereocenters. The maximum atomic E-state index is 13.1. The SMILES string of the molecule is O=C(Nc1cccc(F)c1)C1(C(F)(F)F)CCNC1. The lowest BCUT2D eigenvalue weighted by molar-refractivity contribution is -0.213. The zero-order chi connectivity index (χ0) is 14.1. The molecule has 1 aromatic carbocycles. The molecule has 1 atom stereocenters. The van der Waals surface area contributed by atoms with Gasteiger partial charge in [0.15, 0.2) is 5.41 Å². The Balaban J connectivity index is 2.22. The molecule has 0 radical (unpaired) electrons. The van der Waals surface area contributed by atoms with Crippen LogP contribution in [0.15, 0.2) is 24.3 Å². The summed E-state index contributed by atoms with van der Waals surface area (Å²) in [7, 11) is 0. The zero-order valence-corrected chi connectivity index (χ0v) is 9.85. The van der Waals surface area contributed by atoms with Gasteiger partial charge in [0, 0.05) is 12.2 Å². The van der Waals surface area contributed by atoms with Crippen LogP contribution in [0.1, 0.15) is 6.42 Å². The summed E-state index contributed by atoms with van der Waals surface area (Å²) < 4.78 is 52.2. The summed E-state index contributed by atoms with van der Waals surface area (Å²) in [6, 6.07) is 4.78. The molecule has 0 bridgehead atoms. The highest BCUT2D eigenvalue weighted by Crippen LogP contribution is 2.43. The topological polar surface area (TPSA) is 41.1 Å². The minimum absolute atomic E-state index is 0.0144. The lowest BCUT2D eigenvalue weighted by Crippen LogP contribution is -2.49. The molecule has 0 aromatic heterocycles. The number of amides is 1. The van der Waals surface area contributed by atoms with Crippen molar-refractivity contribution in [2.45, 2.75) is 12.6 Å². The second-order valence-electron chi connectivity index (χ2n) is 4.47. The van der Waals surface area contributed by atoms with E-state index < -0.39 is 29.9 Å². The molecular weight excluding hydrogens is 264 g/mol. The molecule has 1 aliphatic rings. The lowest BCUT2D eigenvalue weighted by atomic mass is 9.85. The molecular formula is C12H12F4N2O. The van der Waals surface area contributed by atoms with Gasteiger partial charge in [0.2, 0.25) is 5.91 Å². The molecule has 7 heteroatoms. The maximum absolute atomic E-state index is 13.1. The highest BCUT2D eigenvalue weighted by Gasteiger charge is 2.61. The number of rotatable bonds is 2. The first kappa shape index (κ1) is 13.8. The van der Waals surface area contributed by atoms with E-state index in [2.05, 4.69) is 10.6 Å². The van der Waals surface area contributed by atoms with Crippen molar-refractivity contribution >= 4 is 11.6 Å². The number of benzene rings is 1. The number of alkyl halides is 3. The van der Waals surface area contributed by atoms with E-state index in [1.54, 1.807) is 0 Å². The van der Waals surface area contributed by atoms with Crippen molar-refractivity contribution in [1.29, 1.82) is 0 Å². The van der Waals surface area contributed by atoms with E-state index in [1.165, 1.54) is 12.1 Å². The van der Waals surface area contributed by atoms with Crippen LogP contribution in [0.4, 0.5) is 23.2 Å². The van der Waals surface area contributed by atoms with E-state index in [9.17, 15) is 22.4 Å². The van der Waals surface area contributed by atoms with Gasteiger partial charge >= 0.3 is 6.18 Å². The van der Waals surface area contributed by atoms with Gasteiger partial charge in [-0.1, -0.05) is 6.07 Å². The molecule has 3 nitrogen and oxygen atoms in total. The van der Waals surface area contributed by atoms with Crippen LogP contribution in [-0.4, -0.2) is 25.2 Å². The largest absolute Gasteiger partial charge is 0.404 e. The molecule has 1 saturated heterocycles. The lowest BCUT2D eigenvalue weighted by Gasteiger charge is -2.29. The van der Waals surface area contributed by atoms with Crippen LogP contribution in [0, 0.1) is 11.2 Å². The monoisotopic (exact) mass is 276 g/mol. The molecule has 19 heavy (non-hydrogen) atoms. The van der Waals surface area contributed by atoms with Gasteiger partial charge in [-0.25, -0.2) is 4.39 Å². The number of nitrogens with one attached hydrogen (secondary N) is 2. The van der Waals surface area contributed by atoms with E-state index in [1.807, 2.05) is 0 Å². The summed E-state index contributed by atoms with van der Waals surface area (Å²) in [5.74, 6) is -1.78. The summed E-state index contributed by atoms with van der Waals surface area (Å²) in [5.41, 5.74) is -2.43. The molecule has 1 fully saturated rings. The fraction of sp³-hybridized carbons (Fsp3) is 0.417. The standard InChI is InChI=1S/C12H12F4N2O/c13-8-2-1-3-9(6-8)18-10(19)11(12(14,15)16)4-5-17-7-11/h1-3,6,17H,4-5,7H2,(H,18,19). The minimum Gasteiger partial charge on any atom is -0.325 e. The van der Waals surface area contributed by atoms with Gasteiger partial charge in [-0.2, -0.15) is 13.2 Å². The van der Waals surface area contributed by atoms with E-state index >= 15 is 0 Å². The normalized spacial score (nSPS) is 23.4. The Labute approximate surface area is 107 Å². The van der Waals surface area contributed by atoms with Gasteiger partial charge in [0.1, 0.15) is 5.82 Å². The third kappa shape index (κ3) is 2.56. The second-order valence-corrected chi connectivity index (χ2v) is 4.47. The summed E-state index contributed by atoms with van der Waals surface area (Å²) in [4.78, 5) is 11.9. The number of anilines is 1. The third-order valence-corrected chi connectivity index (χ3v) is 3.22. The van der Waals surface area contributed by atoms with Crippen molar-refractivity contribution in [2.24, 2.45) is 5.41 Å². The Hall–Kier alpha value is -1.63. The average molecular weight is 276 g/mol. The van der Waals surface area contributed by atoms with Gasteiger partial charge in [-0.3, -0.25) is 4.79 Å². The van der Waals surface area contributed by atoms with Gasteiger partial charge in [0.25, 0.3) is 0 Å². The van der Waals surface area contributed by atoms with Gasteiger partial charge < -0.3 is 10.6 Å². The maximum Gasteiger partial charge on any atom is 0.404 e. The highest BCUT2D eigenvalue weighted by atomic mass is 19.4. The zero-order valence-electron chi connectivity index (χ0n) is 9.85. The van der Waals surface area contributed by atoms with Gasteiger partial charge in [-0.05, 0) is 31.2 Å². The molecule has 0 saturated carbocycles. The predicted molar refractivity (Wildman–Crippen MR) is 61.0 cm³/mol. The Bertz CT molecular complexity index is 481. The van der Waals surface area contributed by atoms with Crippen molar-refractivity contribution in [3.63, 3.8) is 0 Å². The van der Waals surface area contributed by atoms with E-state index in [0.29, 0.717) is 0 Å². The smallest absolute Gasteiger partial charge is 0.325 e. The van der Waals surface area contributed by atoms with Crippen LogP contribution in [0.5, 0.6) is 0 Å².